The van der Waals surface area contributed by atoms with Gasteiger partial charge in [0.1, 0.15) is 0 Å². The Balaban J connectivity index is 1.86. The topological polar surface area (TPSA) is 55.0 Å². The number of hydrogen-bond donors (Lipinski definition) is 0. The number of methoxy groups -OCH3 is 1. The van der Waals surface area contributed by atoms with Crippen LogP contribution in [0.5, 0.6) is 0 Å². The van der Waals surface area contributed by atoms with Crippen LogP contribution in [0.2, 0.25) is 0 Å². The number of hydrogen-bond acceptors (Lipinski definition) is 3. The second-order valence-electron chi connectivity index (χ2n) is 8.28. The fourth-order valence-electron chi connectivity index (χ4n) is 5.19. The maximum Gasteiger partial charge on any atom is 0.337 e. The summed E-state index contributed by atoms with van der Waals surface area (Å²) >= 11 is 0. The van der Waals surface area contributed by atoms with E-state index in [9.17, 15) is 10.1 Å². The number of fused-ring (bicyclic) bond motifs is 5. The summed E-state index contributed by atoms with van der Waals surface area (Å²) in [7, 11) is 1.41. The van der Waals surface area contributed by atoms with Crippen molar-refractivity contribution in [2.45, 2.75) is 44.6 Å². The van der Waals surface area contributed by atoms with Crippen LogP contribution in [0.25, 0.3) is 28.2 Å². The number of nitrogens with zero attached hydrogens (tertiary/aromatic N) is 2. The van der Waals surface area contributed by atoms with Crippen LogP contribution >= 0.6 is 0 Å². The summed E-state index contributed by atoms with van der Waals surface area (Å²) in [4.78, 5) is 12.2. The van der Waals surface area contributed by atoms with E-state index in [0.29, 0.717) is 18.0 Å². The van der Waals surface area contributed by atoms with E-state index in [1.54, 1.807) is 0 Å². The highest BCUT2D eigenvalue weighted by Gasteiger charge is 2.29. The van der Waals surface area contributed by atoms with Crippen LogP contribution in [0, 0.1) is 11.3 Å². The van der Waals surface area contributed by atoms with Crippen LogP contribution in [0.15, 0.2) is 48.0 Å². The molecule has 0 N–H and O–H groups in total. The fourth-order valence-corrected chi connectivity index (χ4v) is 5.19. The lowest BCUT2D eigenvalue weighted by molar-refractivity contribution is 0.0601. The van der Waals surface area contributed by atoms with Crippen molar-refractivity contribution in [3.05, 3.63) is 64.7 Å². The second kappa shape index (κ2) is 7.50. The summed E-state index contributed by atoms with van der Waals surface area (Å²) in [5, 5.41) is 11.0. The molecular formula is C26H24N2O2. The number of ether oxygens (including phenoxy) is 1. The van der Waals surface area contributed by atoms with Crippen LogP contribution in [0.1, 0.15) is 59.5 Å². The molecule has 0 amide bonds. The highest BCUT2D eigenvalue weighted by molar-refractivity contribution is 6.00. The molecule has 0 spiro atoms. The van der Waals surface area contributed by atoms with E-state index in [0.717, 1.165) is 16.7 Å². The summed E-state index contributed by atoms with van der Waals surface area (Å²) in [6.45, 7) is 0.508. The Morgan fingerprint density at radius 2 is 1.93 bits per heavy atom. The zero-order valence-corrected chi connectivity index (χ0v) is 17.1. The van der Waals surface area contributed by atoms with Crippen molar-refractivity contribution in [3.63, 3.8) is 0 Å². The number of esters is 1. The molecule has 1 fully saturated rings. The molecule has 1 aliphatic heterocycles. The van der Waals surface area contributed by atoms with Gasteiger partial charge in [-0.3, -0.25) is 0 Å². The summed E-state index contributed by atoms with van der Waals surface area (Å²) in [6, 6.07) is 16.6. The first kappa shape index (κ1) is 18.7. The summed E-state index contributed by atoms with van der Waals surface area (Å²) < 4.78 is 7.21. The predicted octanol–water partition coefficient (Wildman–Crippen LogP) is 6.06. The smallest absolute Gasteiger partial charge is 0.337 e. The molecule has 2 aromatic carbocycles. The number of carbonyl (C=O) groups is 1. The molecule has 2 aliphatic rings. The molecule has 0 radical (unpaired) electrons. The molecule has 1 saturated carbocycles. The lowest BCUT2D eigenvalue weighted by atomic mass is 9.81. The average molecular weight is 396 g/mol. The number of rotatable bonds is 2. The second-order valence-corrected chi connectivity index (χ2v) is 8.28. The molecule has 0 bridgehead atoms. The van der Waals surface area contributed by atoms with Crippen molar-refractivity contribution in [2.24, 2.45) is 0 Å². The van der Waals surface area contributed by atoms with Gasteiger partial charge in [0, 0.05) is 22.0 Å². The number of aromatic nitrogens is 1. The largest absolute Gasteiger partial charge is 0.465 e. The molecule has 0 saturated heterocycles. The molecule has 4 heteroatoms. The van der Waals surface area contributed by atoms with Crippen LogP contribution < -0.4 is 0 Å². The Labute approximate surface area is 176 Å². The Morgan fingerprint density at radius 1 is 1.13 bits per heavy atom. The van der Waals surface area contributed by atoms with Crippen LogP contribution in [-0.4, -0.2) is 17.6 Å². The highest BCUT2D eigenvalue weighted by Crippen LogP contribution is 2.46. The molecule has 0 atom stereocenters. The van der Waals surface area contributed by atoms with E-state index >= 15 is 0 Å². The number of nitriles is 1. The normalized spacial score (nSPS) is 16.2. The van der Waals surface area contributed by atoms with E-state index in [4.69, 9.17) is 4.74 Å². The molecule has 30 heavy (non-hydrogen) atoms. The quantitative estimate of drug-likeness (QED) is 0.495. The maximum absolute atomic E-state index is 12.2. The minimum Gasteiger partial charge on any atom is -0.465 e. The third-order valence-electron chi connectivity index (χ3n) is 6.56. The zero-order chi connectivity index (χ0) is 20.7. The van der Waals surface area contributed by atoms with Crippen LogP contribution in [0.3, 0.4) is 0 Å². The van der Waals surface area contributed by atoms with Crippen molar-refractivity contribution >= 4 is 22.9 Å². The van der Waals surface area contributed by atoms with Gasteiger partial charge in [0.25, 0.3) is 0 Å². The number of carbonyl (C=O) groups excluding carboxylic acids is 1. The molecule has 1 aromatic heterocycles. The van der Waals surface area contributed by atoms with Crippen molar-refractivity contribution in [1.29, 1.82) is 5.26 Å². The molecular weight excluding hydrogens is 372 g/mol. The lowest BCUT2D eigenvalue weighted by Gasteiger charge is -2.23. The van der Waals surface area contributed by atoms with E-state index in [-0.39, 0.29) is 5.97 Å². The lowest BCUT2D eigenvalue weighted by Crippen LogP contribution is -2.07. The maximum atomic E-state index is 12.2. The zero-order valence-electron chi connectivity index (χ0n) is 17.1. The monoisotopic (exact) mass is 396 g/mol. The number of allylic oxidation sites excluding steroid dienone is 1. The van der Waals surface area contributed by atoms with Crippen LogP contribution in [0.4, 0.5) is 0 Å². The minimum atomic E-state index is -0.336. The van der Waals surface area contributed by atoms with Gasteiger partial charge >= 0.3 is 5.97 Å². The first-order chi connectivity index (χ1) is 14.7. The van der Waals surface area contributed by atoms with Crippen molar-refractivity contribution in [3.8, 4) is 17.3 Å². The molecule has 5 rings (SSSR count). The van der Waals surface area contributed by atoms with E-state index in [2.05, 4.69) is 34.9 Å². The highest BCUT2D eigenvalue weighted by atomic mass is 16.5. The van der Waals surface area contributed by atoms with Crippen molar-refractivity contribution in [1.82, 2.24) is 4.57 Å². The molecule has 150 valence electrons. The van der Waals surface area contributed by atoms with Gasteiger partial charge in [0.2, 0.25) is 0 Å². The van der Waals surface area contributed by atoms with Gasteiger partial charge in [-0.15, -0.1) is 0 Å². The third kappa shape index (κ3) is 2.93. The Hall–Kier alpha value is -3.32. The minimum absolute atomic E-state index is 0.336. The first-order valence-corrected chi connectivity index (χ1v) is 10.7. The standard InChI is InChI=1S/C26H24N2O2/c1-30-26(29)20-11-12-22-23(14-20)28-16-17(15-27)13-19-9-5-6-10-21(19)25(28)24(22)18-7-3-2-4-8-18/h5-6,9-14,18H,2-4,7-8,16H2,1H3. The average Bonchev–Trinajstić information content (AvgIpc) is 3.01. The van der Waals surface area contributed by atoms with Gasteiger partial charge in [0.15, 0.2) is 0 Å². The first-order valence-electron chi connectivity index (χ1n) is 10.7. The Bertz CT molecular complexity index is 1220. The van der Waals surface area contributed by atoms with Gasteiger partial charge < -0.3 is 9.30 Å². The van der Waals surface area contributed by atoms with Gasteiger partial charge in [-0.05, 0) is 48.1 Å². The SMILES string of the molecule is COC(=O)c1ccc2c(C3CCCCC3)c3n(c2c1)CC(C#N)=Cc1ccccc1-3. The van der Waals surface area contributed by atoms with E-state index in [1.165, 1.54) is 61.4 Å². The van der Waals surface area contributed by atoms with Crippen molar-refractivity contribution in [2.75, 3.05) is 7.11 Å². The van der Waals surface area contributed by atoms with Gasteiger partial charge in [0.05, 0.1) is 31.0 Å². The summed E-state index contributed by atoms with van der Waals surface area (Å²) in [6.07, 6.45) is 8.18. The van der Waals surface area contributed by atoms with Crippen molar-refractivity contribution < 1.29 is 9.53 Å². The molecule has 2 heterocycles. The molecule has 1 aliphatic carbocycles. The van der Waals surface area contributed by atoms with Gasteiger partial charge in [-0.1, -0.05) is 49.6 Å². The number of benzene rings is 2. The van der Waals surface area contributed by atoms with E-state index in [1.807, 2.05) is 24.3 Å². The third-order valence-corrected chi connectivity index (χ3v) is 6.56. The molecule has 0 unspecified atom stereocenters. The molecule has 3 aromatic rings. The van der Waals surface area contributed by atoms with Crippen LogP contribution in [-0.2, 0) is 11.3 Å². The fraction of sp³-hybridized carbons (Fsp3) is 0.308. The summed E-state index contributed by atoms with van der Waals surface area (Å²) in [5.74, 6) is 0.162. The predicted molar refractivity (Wildman–Crippen MR) is 118 cm³/mol. The van der Waals surface area contributed by atoms with Gasteiger partial charge in [-0.2, -0.15) is 5.26 Å². The van der Waals surface area contributed by atoms with Gasteiger partial charge in [-0.25, -0.2) is 4.79 Å². The van der Waals surface area contributed by atoms with E-state index < -0.39 is 0 Å². The Kier molecular flexibility index (Phi) is 4.67. The Morgan fingerprint density at radius 3 is 2.70 bits per heavy atom. The molecule has 4 nitrogen and oxygen atoms in total. The summed E-state index contributed by atoms with van der Waals surface area (Å²) in [5.41, 5.74) is 7.10.